The topological polar surface area (TPSA) is 96.1 Å². The van der Waals surface area contributed by atoms with Crippen LogP contribution in [0.5, 0.6) is 0 Å². The highest BCUT2D eigenvalue weighted by Gasteiger charge is 2.29. The van der Waals surface area contributed by atoms with E-state index in [1.165, 1.54) is 10.2 Å². The van der Waals surface area contributed by atoms with Crippen molar-refractivity contribution in [2.75, 3.05) is 6.61 Å². The molecule has 0 radical (unpaired) electrons. The minimum Gasteiger partial charge on any atom is -0.466 e. The standard InChI is InChI=1S/C27H28N4O4S/c1-3-8-19-11-13-20(14-12-19)31-24(17-25(32)35-4-2)29-23-18-28-27-22(26(23)31)15-16-30(27)36(33,34)21-9-6-5-7-10-21/h1,5-7,9-10,15-16,18-20H,4,8,11-14,17H2,2H3. The minimum atomic E-state index is -3.83. The van der Waals surface area contributed by atoms with Crippen molar-refractivity contribution in [1.82, 2.24) is 18.5 Å². The van der Waals surface area contributed by atoms with Gasteiger partial charge in [0.1, 0.15) is 17.8 Å². The van der Waals surface area contributed by atoms with Crippen molar-refractivity contribution in [2.45, 2.75) is 56.4 Å². The lowest BCUT2D eigenvalue weighted by molar-refractivity contribution is -0.142. The molecule has 9 heteroatoms. The first-order valence-electron chi connectivity index (χ1n) is 12.2. The number of aromatic nitrogens is 4. The Morgan fingerprint density at radius 1 is 1.17 bits per heavy atom. The van der Waals surface area contributed by atoms with Gasteiger partial charge in [-0.15, -0.1) is 12.3 Å². The Hall–Kier alpha value is -3.64. The molecule has 186 valence electrons. The van der Waals surface area contributed by atoms with Gasteiger partial charge in [0.25, 0.3) is 10.0 Å². The van der Waals surface area contributed by atoms with Crippen molar-refractivity contribution in [2.24, 2.45) is 5.92 Å². The first-order chi connectivity index (χ1) is 17.4. The maximum absolute atomic E-state index is 13.4. The highest BCUT2D eigenvalue weighted by Crippen LogP contribution is 2.38. The smallest absolute Gasteiger partial charge is 0.313 e. The Morgan fingerprint density at radius 3 is 2.61 bits per heavy atom. The fourth-order valence-electron chi connectivity index (χ4n) is 5.23. The lowest BCUT2D eigenvalue weighted by Gasteiger charge is -2.30. The molecule has 0 atom stereocenters. The van der Waals surface area contributed by atoms with Crippen LogP contribution in [0, 0.1) is 18.3 Å². The number of imidazole rings is 1. The zero-order valence-corrected chi connectivity index (χ0v) is 20.9. The summed E-state index contributed by atoms with van der Waals surface area (Å²) >= 11 is 0. The average Bonchev–Trinajstić information content (AvgIpc) is 3.47. The summed E-state index contributed by atoms with van der Waals surface area (Å²) in [7, 11) is -3.83. The second-order valence-corrected chi connectivity index (χ2v) is 10.9. The maximum atomic E-state index is 13.4. The van der Waals surface area contributed by atoms with E-state index in [0.29, 0.717) is 34.9 Å². The summed E-state index contributed by atoms with van der Waals surface area (Å²) in [6.07, 6.45) is 13.3. The van der Waals surface area contributed by atoms with Gasteiger partial charge >= 0.3 is 5.97 Å². The highest BCUT2D eigenvalue weighted by molar-refractivity contribution is 7.90. The van der Waals surface area contributed by atoms with Gasteiger partial charge in [-0.1, -0.05) is 18.2 Å². The maximum Gasteiger partial charge on any atom is 0.313 e. The molecule has 0 bridgehead atoms. The fourth-order valence-corrected chi connectivity index (χ4v) is 6.55. The number of fused-ring (bicyclic) bond motifs is 3. The molecule has 0 amide bonds. The Labute approximate surface area is 210 Å². The summed E-state index contributed by atoms with van der Waals surface area (Å²) in [5.41, 5.74) is 1.75. The van der Waals surface area contributed by atoms with Crippen LogP contribution in [0.4, 0.5) is 0 Å². The van der Waals surface area contributed by atoms with Gasteiger partial charge < -0.3 is 9.30 Å². The minimum absolute atomic E-state index is 0.0390. The molecular formula is C27H28N4O4S. The predicted octanol–water partition coefficient (Wildman–Crippen LogP) is 4.48. The van der Waals surface area contributed by atoms with Crippen molar-refractivity contribution in [1.29, 1.82) is 0 Å². The third-order valence-electron chi connectivity index (χ3n) is 6.90. The summed E-state index contributed by atoms with van der Waals surface area (Å²) in [5, 5.41) is 0.681. The van der Waals surface area contributed by atoms with Crippen LogP contribution in [0.1, 0.15) is 50.9 Å². The van der Waals surface area contributed by atoms with Gasteiger partial charge in [-0.3, -0.25) is 4.79 Å². The number of pyridine rings is 1. The van der Waals surface area contributed by atoms with E-state index in [2.05, 4.69) is 15.5 Å². The van der Waals surface area contributed by atoms with Crippen LogP contribution in [-0.4, -0.2) is 39.5 Å². The van der Waals surface area contributed by atoms with Crippen molar-refractivity contribution < 1.29 is 17.9 Å². The Balaban J connectivity index is 1.65. The van der Waals surface area contributed by atoms with Crippen LogP contribution in [0.15, 0.2) is 53.7 Å². The molecule has 4 aromatic rings. The van der Waals surface area contributed by atoms with Gasteiger partial charge in [-0.05, 0) is 56.7 Å². The molecule has 0 aliphatic heterocycles. The first kappa shape index (κ1) is 24.1. The molecule has 1 aliphatic carbocycles. The molecule has 0 N–H and O–H groups in total. The lowest BCUT2D eigenvalue weighted by Crippen LogP contribution is -2.21. The Kier molecular flexibility index (Phi) is 6.54. The van der Waals surface area contributed by atoms with E-state index < -0.39 is 10.0 Å². The van der Waals surface area contributed by atoms with E-state index in [-0.39, 0.29) is 23.3 Å². The third kappa shape index (κ3) is 4.26. The Morgan fingerprint density at radius 2 is 1.92 bits per heavy atom. The van der Waals surface area contributed by atoms with Crippen LogP contribution in [0.3, 0.4) is 0 Å². The number of rotatable bonds is 7. The van der Waals surface area contributed by atoms with Crippen LogP contribution < -0.4 is 0 Å². The molecule has 36 heavy (non-hydrogen) atoms. The number of carbonyl (C=O) groups excluding carboxylic acids is 1. The highest BCUT2D eigenvalue weighted by atomic mass is 32.2. The number of hydrogen-bond donors (Lipinski definition) is 0. The first-order valence-corrected chi connectivity index (χ1v) is 13.6. The molecule has 3 heterocycles. The van der Waals surface area contributed by atoms with Gasteiger partial charge in [0.05, 0.1) is 23.2 Å². The predicted molar refractivity (Wildman–Crippen MR) is 137 cm³/mol. The summed E-state index contributed by atoms with van der Waals surface area (Å²) in [5.74, 6) is 3.53. The van der Waals surface area contributed by atoms with Gasteiger partial charge in [-0.2, -0.15) is 0 Å². The molecule has 1 saturated carbocycles. The summed E-state index contributed by atoms with van der Waals surface area (Å²) in [4.78, 5) is 21.8. The van der Waals surface area contributed by atoms with E-state index in [4.69, 9.17) is 16.1 Å². The molecule has 1 aromatic carbocycles. The monoisotopic (exact) mass is 504 g/mol. The van der Waals surface area contributed by atoms with Crippen LogP contribution in [0.25, 0.3) is 22.1 Å². The fraction of sp³-hybridized carbons (Fsp3) is 0.370. The largest absolute Gasteiger partial charge is 0.466 e. The number of hydrogen-bond acceptors (Lipinski definition) is 6. The van der Waals surface area contributed by atoms with Crippen molar-refractivity contribution >= 4 is 38.1 Å². The number of nitrogens with zero attached hydrogens (tertiary/aromatic N) is 4. The van der Waals surface area contributed by atoms with E-state index in [1.54, 1.807) is 49.5 Å². The van der Waals surface area contributed by atoms with E-state index in [0.717, 1.165) is 37.6 Å². The van der Waals surface area contributed by atoms with Gasteiger partial charge in [0, 0.05) is 24.0 Å². The zero-order chi connectivity index (χ0) is 25.3. The van der Waals surface area contributed by atoms with Gasteiger partial charge in [-0.25, -0.2) is 22.4 Å². The van der Waals surface area contributed by atoms with Gasteiger partial charge in [0.15, 0.2) is 5.65 Å². The molecule has 0 spiro atoms. The van der Waals surface area contributed by atoms with Crippen molar-refractivity contribution in [3.05, 3.63) is 54.6 Å². The SMILES string of the molecule is C#CCC1CCC(n2c(CC(=O)OCC)nc3cnc4c(ccn4S(=O)(=O)c4ccccc4)c32)CC1. The summed E-state index contributed by atoms with van der Waals surface area (Å²) in [6, 6.07) is 10.2. The number of terminal acetylenes is 1. The van der Waals surface area contributed by atoms with Crippen molar-refractivity contribution in [3.63, 3.8) is 0 Å². The van der Waals surface area contributed by atoms with Crippen LogP contribution in [0.2, 0.25) is 0 Å². The van der Waals surface area contributed by atoms with E-state index in [1.807, 2.05) is 0 Å². The average molecular weight is 505 g/mol. The third-order valence-corrected chi connectivity index (χ3v) is 8.58. The number of ether oxygens (including phenoxy) is 1. The number of carbonyl (C=O) groups is 1. The molecule has 1 aliphatic rings. The van der Waals surface area contributed by atoms with E-state index in [9.17, 15) is 13.2 Å². The molecule has 0 saturated heterocycles. The van der Waals surface area contributed by atoms with Gasteiger partial charge in [0.2, 0.25) is 0 Å². The molecule has 1 fully saturated rings. The molecule has 8 nitrogen and oxygen atoms in total. The second kappa shape index (κ2) is 9.78. The Bertz CT molecular complexity index is 1560. The van der Waals surface area contributed by atoms with Crippen LogP contribution >= 0.6 is 0 Å². The quantitative estimate of drug-likeness (QED) is 0.272. The summed E-state index contributed by atoms with van der Waals surface area (Å²) < 4.78 is 35.3. The normalized spacial score (nSPS) is 18.3. The second-order valence-electron chi connectivity index (χ2n) is 9.12. The van der Waals surface area contributed by atoms with Crippen molar-refractivity contribution in [3.8, 4) is 12.3 Å². The molecule has 0 unspecified atom stereocenters. The zero-order valence-electron chi connectivity index (χ0n) is 20.1. The van der Waals surface area contributed by atoms with E-state index >= 15 is 0 Å². The number of esters is 1. The molecule has 3 aromatic heterocycles. The lowest BCUT2D eigenvalue weighted by atomic mass is 9.84. The summed E-state index contributed by atoms with van der Waals surface area (Å²) in [6.45, 7) is 2.07. The molecule has 5 rings (SSSR count). The van der Waals surface area contributed by atoms with Crippen LogP contribution in [-0.2, 0) is 26.0 Å². The molecular weight excluding hydrogens is 476 g/mol. The number of benzene rings is 1.